The molecule has 29 heavy (non-hydrogen) atoms. The van der Waals surface area contributed by atoms with Crippen LogP contribution in [0.2, 0.25) is 5.02 Å². The van der Waals surface area contributed by atoms with Gasteiger partial charge in [0.15, 0.2) is 5.82 Å². The van der Waals surface area contributed by atoms with E-state index in [0.29, 0.717) is 36.4 Å². The molecule has 1 aliphatic heterocycles. The molecular weight excluding hydrogens is 390 g/mol. The number of hydrogen-bond acceptors (Lipinski definition) is 5. The van der Waals surface area contributed by atoms with Crippen molar-refractivity contribution in [3.05, 3.63) is 58.1 Å². The number of aryl methyl sites for hydroxylation is 2. The topological polar surface area (TPSA) is 81.4 Å². The predicted octanol–water partition coefficient (Wildman–Crippen LogP) is 2.80. The average molecular weight is 414 g/mol. The first-order chi connectivity index (χ1) is 13.9. The van der Waals surface area contributed by atoms with Gasteiger partial charge in [-0.1, -0.05) is 23.7 Å². The van der Waals surface area contributed by atoms with Gasteiger partial charge in [-0.15, -0.1) is 5.10 Å². The van der Waals surface area contributed by atoms with Crippen LogP contribution in [0.1, 0.15) is 35.6 Å². The van der Waals surface area contributed by atoms with Crippen molar-refractivity contribution in [3.63, 3.8) is 0 Å². The summed E-state index contributed by atoms with van der Waals surface area (Å²) in [7, 11) is 0. The van der Waals surface area contributed by atoms with Crippen LogP contribution in [0.5, 0.6) is 0 Å². The van der Waals surface area contributed by atoms with Crippen molar-refractivity contribution in [1.82, 2.24) is 24.9 Å². The number of amides is 1. The molecule has 0 saturated carbocycles. The summed E-state index contributed by atoms with van der Waals surface area (Å²) in [5, 5.41) is 8.21. The van der Waals surface area contributed by atoms with E-state index in [4.69, 9.17) is 16.3 Å². The summed E-state index contributed by atoms with van der Waals surface area (Å²) in [5.74, 6) is 0.888. The molecule has 0 unspecified atom stereocenters. The quantitative estimate of drug-likeness (QED) is 0.695. The van der Waals surface area contributed by atoms with Crippen molar-refractivity contribution >= 4 is 23.3 Å². The van der Waals surface area contributed by atoms with Gasteiger partial charge in [0, 0.05) is 41.6 Å². The number of hydrogen-bond donors (Lipinski definition) is 1. The molecule has 0 radical (unpaired) electrons. The zero-order valence-electron chi connectivity index (χ0n) is 16.6. The molecule has 3 aromatic rings. The number of rotatable bonds is 5. The third kappa shape index (κ3) is 4.26. The molecule has 0 atom stereocenters. The highest BCUT2D eigenvalue weighted by Crippen LogP contribution is 2.34. The lowest BCUT2D eigenvalue weighted by molar-refractivity contribution is -0.121. The lowest BCUT2D eigenvalue weighted by atomic mass is 9.74. The molecule has 1 fully saturated rings. The SMILES string of the molecule is Cc1cc(C)n2nc(CC(=O)NCC3(c4ccc(Cl)cc4)CCOCC3)nc2n1. The molecule has 0 spiro atoms. The van der Waals surface area contributed by atoms with Crippen LogP contribution in [0.15, 0.2) is 30.3 Å². The zero-order valence-corrected chi connectivity index (χ0v) is 17.4. The maximum absolute atomic E-state index is 12.6. The van der Waals surface area contributed by atoms with Crippen LogP contribution in [0.3, 0.4) is 0 Å². The number of carbonyl (C=O) groups is 1. The Hall–Kier alpha value is -2.51. The number of aromatic nitrogens is 4. The molecule has 4 rings (SSSR count). The van der Waals surface area contributed by atoms with Crippen molar-refractivity contribution in [2.24, 2.45) is 0 Å². The van der Waals surface area contributed by atoms with Gasteiger partial charge in [-0.3, -0.25) is 4.79 Å². The van der Waals surface area contributed by atoms with Gasteiger partial charge < -0.3 is 10.1 Å². The van der Waals surface area contributed by atoms with E-state index < -0.39 is 0 Å². The van der Waals surface area contributed by atoms with E-state index in [1.807, 2.05) is 44.2 Å². The largest absolute Gasteiger partial charge is 0.381 e. The van der Waals surface area contributed by atoms with Crippen LogP contribution in [0.4, 0.5) is 0 Å². The second kappa shape index (κ2) is 8.08. The molecule has 1 saturated heterocycles. The molecule has 7 nitrogen and oxygen atoms in total. The summed E-state index contributed by atoms with van der Waals surface area (Å²) in [4.78, 5) is 21.4. The van der Waals surface area contributed by atoms with Crippen LogP contribution in [-0.2, 0) is 21.4 Å². The molecule has 152 valence electrons. The van der Waals surface area contributed by atoms with Crippen LogP contribution in [-0.4, -0.2) is 45.2 Å². The monoisotopic (exact) mass is 413 g/mol. The lowest BCUT2D eigenvalue weighted by Crippen LogP contribution is -2.45. The molecule has 2 aromatic heterocycles. The average Bonchev–Trinajstić information content (AvgIpc) is 3.10. The first-order valence-electron chi connectivity index (χ1n) is 9.76. The summed E-state index contributed by atoms with van der Waals surface area (Å²) < 4.78 is 7.23. The first kappa shape index (κ1) is 19.8. The molecule has 1 N–H and O–H groups in total. The Morgan fingerprint density at radius 1 is 1.21 bits per heavy atom. The van der Waals surface area contributed by atoms with Gasteiger partial charge in [0.2, 0.25) is 5.91 Å². The molecule has 0 bridgehead atoms. The minimum absolute atomic E-state index is 0.102. The first-order valence-corrected chi connectivity index (χ1v) is 10.1. The summed E-state index contributed by atoms with van der Waals surface area (Å²) in [6, 6.07) is 9.81. The molecular formula is C21H24ClN5O2. The Balaban J connectivity index is 1.47. The molecule has 1 aliphatic rings. The Morgan fingerprint density at radius 3 is 2.66 bits per heavy atom. The second-order valence-corrected chi connectivity index (χ2v) is 8.07. The molecule has 8 heteroatoms. The van der Waals surface area contributed by atoms with Crippen molar-refractivity contribution in [1.29, 1.82) is 0 Å². The van der Waals surface area contributed by atoms with Crippen LogP contribution in [0.25, 0.3) is 5.78 Å². The fourth-order valence-electron chi connectivity index (χ4n) is 3.89. The van der Waals surface area contributed by atoms with Gasteiger partial charge in [0.05, 0.1) is 6.42 Å². The van der Waals surface area contributed by atoms with Crippen molar-refractivity contribution < 1.29 is 9.53 Å². The van der Waals surface area contributed by atoms with Gasteiger partial charge in [0.25, 0.3) is 5.78 Å². The minimum atomic E-state index is -0.153. The van der Waals surface area contributed by atoms with Crippen LogP contribution < -0.4 is 5.32 Å². The van der Waals surface area contributed by atoms with E-state index in [-0.39, 0.29) is 17.7 Å². The summed E-state index contributed by atoms with van der Waals surface area (Å²) in [5.41, 5.74) is 2.84. The smallest absolute Gasteiger partial charge is 0.252 e. The van der Waals surface area contributed by atoms with E-state index in [1.54, 1.807) is 4.52 Å². The summed E-state index contributed by atoms with van der Waals surface area (Å²) in [6.07, 6.45) is 1.82. The number of benzene rings is 1. The van der Waals surface area contributed by atoms with Gasteiger partial charge >= 0.3 is 0 Å². The second-order valence-electron chi connectivity index (χ2n) is 7.63. The van der Waals surface area contributed by atoms with Crippen molar-refractivity contribution in [2.75, 3.05) is 19.8 Å². The predicted molar refractivity (Wildman–Crippen MR) is 110 cm³/mol. The van der Waals surface area contributed by atoms with E-state index in [0.717, 1.165) is 24.2 Å². The standard InChI is InChI=1S/C21H24ClN5O2/c1-14-11-15(2)27-20(24-14)25-18(26-27)12-19(28)23-13-21(7-9-29-10-8-21)16-3-5-17(22)6-4-16/h3-6,11H,7-10,12-13H2,1-2H3,(H,23,28). The van der Waals surface area contributed by atoms with Gasteiger partial charge in [0.1, 0.15) is 0 Å². The zero-order chi connectivity index (χ0) is 20.4. The Kier molecular flexibility index (Phi) is 5.52. The fraction of sp³-hybridized carbons (Fsp3) is 0.429. The van der Waals surface area contributed by atoms with E-state index >= 15 is 0 Å². The highest BCUT2D eigenvalue weighted by atomic mass is 35.5. The summed E-state index contributed by atoms with van der Waals surface area (Å²) >= 11 is 6.05. The number of fused-ring (bicyclic) bond motifs is 1. The Morgan fingerprint density at radius 2 is 1.93 bits per heavy atom. The third-order valence-corrected chi connectivity index (χ3v) is 5.76. The lowest BCUT2D eigenvalue weighted by Gasteiger charge is -2.38. The number of carbonyl (C=O) groups excluding carboxylic acids is 1. The Bertz CT molecular complexity index is 1030. The number of halogens is 1. The molecule has 0 aliphatic carbocycles. The molecule has 3 heterocycles. The normalized spacial score (nSPS) is 16.1. The van der Waals surface area contributed by atoms with E-state index in [2.05, 4.69) is 20.4 Å². The minimum Gasteiger partial charge on any atom is -0.381 e. The van der Waals surface area contributed by atoms with E-state index in [9.17, 15) is 4.79 Å². The summed E-state index contributed by atoms with van der Waals surface area (Å²) in [6.45, 7) is 5.76. The maximum atomic E-state index is 12.6. The maximum Gasteiger partial charge on any atom is 0.252 e. The van der Waals surface area contributed by atoms with Crippen molar-refractivity contribution in [3.8, 4) is 0 Å². The van der Waals surface area contributed by atoms with Gasteiger partial charge in [-0.05, 0) is 50.5 Å². The molecule has 1 aromatic carbocycles. The van der Waals surface area contributed by atoms with Crippen molar-refractivity contribution in [2.45, 2.75) is 38.5 Å². The molecule has 1 amide bonds. The Labute approximate surface area is 174 Å². The third-order valence-electron chi connectivity index (χ3n) is 5.51. The number of nitrogens with zero attached hydrogens (tertiary/aromatic N) is 4. The number of ether oxygens (including phenoxy) is 1. The van der Waals surface area contributed by atoms with E-state index in [1.165, 1.54) is 5.56 Å². The number of nitrogens with one attached hydrogen (secondary N) is 1. The van der Waals surface area contributed by atoms with Gasteiger partial charge in [-0.2, -0.15) is 4.98 Å². The highest BCUT2D eigenvalue weighted by Gasteiger charge is 2.34. The van der Waals surface area contributed by atoms with Gasteiger partial charge in [-0.25, -0.2) is 9.50 Å². The highest BCUT2D eigenvalue weighted by molar-refractivity contribution is 6.30. The van der Waals surface area contributed by atoms with Crippen LogP contribution >= 0.6 is 11.6 Å². The van der Waals surface area contributed by atoms with Crippen LogP contribution in [0, 0.1) is 13.8 Å². The fourth-order valence-corrected chi connectivity index (χ4v) is 4.02.